The van der Waals surface area contributed by atoms with Crippen LogP contribution in [0.4, 0.5) is 0 Å². The van der Waals surface area contributed by atoms with E-state index in [1.165, 1.54) is 25.7 Å². The lowest BCUT2D eigenvalue weighted by Crippen LogP contribution is -1.74. The summed E-state index contributed by atoms with van der Waals surface area (Å²) in [4.78, 5) is 0. The lowest BCUT2D eigenvalue weighted by Gasteiger charge is -1.91. The van der Waals surface area contributed by atoms with Crippen molar-refractivity contribution >= 4 is 0 Å². The van der Waals surface area contributed by atoms with Gasteiger partial charge in [0.05, 0.1) is 0 Å². The molecule has 0 aromatic heterocycles. The predicted octanol–water partition coefficient (Wildman–Crippen LogP) is 3.93. The SMILES string of the molecule is C=CCCC#CCCCCCC. The number of hydrogen-bond acceptors (Lipinski definition) is 0. The van der Waals surface area contributed by atoms with Gasteiger partial charge in [-0.2, -0.15) is 0 Å². The second-order valence-electron chi connectivity index (χ2n) is 2.99. The summed E-state index contributed by atoms with van der Waals surface area (Å²) in [5.41, 5.74) is 0. The molecule has 0 N–H and O–H groups in total. The fourth-order valence-corrected chi connectivity index (χ4v) is 0.991. The van der Waals surface area contributed by atoms with Crippen LogP contribution in [0, 0.1) is 11.8 Å². The number of hydrogen-bond donors (Lipinski definition) is 0. The van der Waals surface area contributed by atoms with Crippen LogP contribution in [-0.2, 0) is 0 Å². The summed E-state index contributed by atoms with van der Waals surface area (Å²) in [6.45, 7) is 5.88. The van der Waals surface area contributed by atoms with Gasteiger partial charge in [-0.05, 0) is 12.8 Å². The van der Waals surface area contributed by atoms with Gasteiger partial charge in [-0.3, -0.25) is 0 Å². The molecule has 0 aliphatic carbocycles. The first kappa shape index (κ1) is 11.3. The summed E-state index contributed by atoms with van der Waals surface area (Å²) in [5.74, 6) is 6.32. The third-order valence-corrected chi connectivity index (χ3v) is 1.75. The van der Waals surface area contributed by atoms with Crippen molar-refractivity contribution in [1.29, 1.82) is 0 Å². The van der Waals surface area contributed by atoms with Gasteiger partial charge in [-0.1, -0.05) is 32.3 Å². The Kier molecular flexibility index (Phi) is 9.70. The zero-order valence-corrected chi connectivity index (χ0v) is 8.23. The van der Waals surface area contributed by atoms with Crippen molar-refractivity contribution in [2.24, 2.45) is 0 Å². The van der Waals surface area contributed by atoms with E-state index in [0.29, 0.717) is 0 Å². The molecule has 0 aromatic carbocycles. The Morgan fingerprint density at radius 3 is 2.50 bits per heavy atom. The highest BCUT2D eigenvalue weighted by molar-refractivity contribution is 4.99. The number of unbranched alkanes of at least 4 members (excludes halogenated alkanes) is 5. The molecule has 0 heterocycles. The molecule has 68 valence electrons. The molecule has 0 saturated heterocycles. The Hall–Kier alpha value is -0.700. The first-order valence-corrected chi connectivity index (χ1v) is 4.98. The third-order valence-electron chi connectivity index (χ3n) is 1.75. The summed E-state index contributed by atoms with van der Waals surface area (Å²) >= 11 is 0. The highest BCUT2D eigenvalue weighted by Crippen LogP contribution is 2.01. The van der Waals surface area contributed by atoms with Crippen LogP contribution in [0.1, 0.15) is 51.9 Å². The molecule has 0 aliphatic rings. The first-order valence-electron chi connectivity index (χ1n) is 4.98. The maximum absolute atomic E-state index is 3.65. The van der Waals surface area contributed by atoms with E-state index in [1.54, 1.807) is 0 Å². The van der Waals surface area contributed by atoms with Crippen LogP contribution in [0.3, 0.4) is 0 Å². The third kappa shape index (κ3) is 9.30. The van der Waals surface area contributed by atoms with Crippen LogP contribution in [0.15, 0.2) is 12.7 Å². The van der Waals surface area contributed by atoms with Gasteiger partial charge in [0.1, 0.15) is 0 Å². The van der Waals surface area contributed by atoms with E-state index in [9.17, 15) is 0 Å². The van der Waals surface area contributed by atoms with Crippen molar-refractivity contribution in [1.82, 2.24) is 0 Å². The summed E-state index contributed by atoms with van der Waals surface area (Å²) in [5, 5.41) is 0. The van der Waals surface area contributed by atoms with E-state index in [4.69, 9.17) is 0 Å². The molecule has 0 saturated carbocycles. The second-order valence-corrected chi connectivity index (χ2v) is 2.99. The van der Waals surface area contributed by atoms with E-state index in [2.05, 4.69) is 25.3 Å². The quantitative estimate of drug-likeness (QED) is 0.317. The average molecular weight is 164 g/mol. The van der Waals surface area contributed by atoms with Gasteiger partial charge >= 0.3 is 0 Å². The molecule has 0 nitrogen and oxygen atoms in total. The van der Waals surface area contributed by atoms with Crippen molar-refractivity contribution in [2.75, 3.05) is 0 Å². The summed E-state index contributed by atoms with van der Waals surface area (Å²) in [6, 6.07) is 0. The van der Waals surface area contributed by atoms with Crippen molar-refractivity contribution in [3.8, 4) is 11.8 Å². The molecular formula is C12H20. The Bertz CT molecular complexity index is 145. The van der Waals surface area contributed by atoms with E-state index >= 15 is 0 Å². The van der Waals surface area contributed by atoms with Crippen molar-refractivity contribution in [3.63, 3.8) is 0 Å². The standard InChI is InChI=1S/C12H20/c1-3-5-7-9-11-12-10-8-6-4-2/h3H,1,4-8,10,12H2,2H3. The van der Waals surface area contributed by atoms with Gasteiger partial charge in [0.15, 0.2) is 0 Å². The molecule has 0 radical (unpaired) electrons. The van der Waals surface area contributed by atoms with Gasteiger partial charge in [0.25, 0.3) is 0 Å². The maximum Gasteiger partial charge on any atom is 0.0123 e. The minimum atomic E-state index is 0.983. The fourth-order valence-electron chi connectivity index (χ4n) is 0.991. The Morgan fingerprint density at radius 1 is 1.08 bits per heavy atom. The zero-order valence-electron chi connectivity index (χ0n) is 8.23. The lowest BCUT2D eigenvalue weighted by atomic mass is 10.1. The molecule has 0 aliphatic heterocycles. The minimum Gasteiger partial charge on any atom is -0.103 e. The minimum absolute atomic E-state index is 0.983. The van der Waals surface area contributed by atoms with Crippen molar-refractivity contribution < 1.29 is 0 Å². The topological polar surface area (TPSA) is 0 Å². The van der Waals surface area contributed by atoms with Gasteiger partial charge in [-0.25, -0.2) is 0 Å². The highest BCUT2D eigenvalue weighted by Gasteiger charge is 1.83. The van der Waals surface area contributed by atoms with Crippen molar-refractivity contribution in [2.45, 2.75) is 51.9 Å². The van der Waals surface area contributed by atoms with Crippen LogP contribution >= 0.6 is 0 Å². The van der Waals surface area contributed by atoms with Gasteiger partial charge < -0.3 is 0 Å². The summed E-state index contributed by atoms with van der Waals surface area (Å²) in [7, 11) is 0. The van der Waals surface area contributed by atoms with E-state index < -0.39 is 0 Å². The molecular weight excluding hydrogens is 144 g/mol. The molecule has 0 atom stereocenters. The van der Waals surface area contributed by atoms with Gasteiger partial charge in [0, 0.05) is 12.8 Å². The molecule has 0 bridgehead atoms. The molecule has 0 spiro atoms. The molecule has 0 amide bonds. The zero-order chi connectivity index (χ0) is 9.07. The Morgan fingerprint density at radius 2 is 1.83 bits per heavy atom. The largest absolute Gasteiger partial charge is 0.103 e. The van der Waals surface area contributed by atoms with Crippen molar-refractivity contribution in [3.05, 3.63) is 12.7 Å². The monoisotopic (exact) mass is 164 g/mol. The Balaban J connectivity index is 3.04. The lowest BCUT2D eigenvalue weighted by molar-refractivity contribution is 0.679. The van der Waals surface area contributed by atoms with E-state index in [1.807, 2.05) is 6.08 Å². The highest BCUT2D eigenvalue weighted by atomic mass is 13.9. The van der Waals surface area contributed by atoms with Crippen LogP contribution in [-0.4, -0.2) is 0 Å². The Labute approximate surface area is 77.1 Å². The maximum atomic E-state index is 3.65. The van der Waals surface area contributed by atoms with Crippen LogP contribution in [0.2, 0.25) is 0 Å². The fraction of sp³-hybridized carbons (Fsp3) is 0.667. The molecule has 0 aromatic rings. The van der Waals surface area contributed by atoms with Crippen LogP contribution in [0.25, 0.3) is 0 Å². The summed E-state index contributed by atoms with van der Waals surface area (Å²) < 4.78 is 0. The van der Waals surface area contributed by atoms with E-state index in [0.717, 1.165) is 19.3 Å². The van der Waals surface area contributed by atoms with Gasteiger partial charge in [-0.15, -0.1) is 18.4 Å². The molecule has 0 unspecified atom stereocenters. The smallest absolute Gasteiger partial charge is 0.0123 e. The van der Waals surface area contributed by atoms with Gasteiger partial charge in [0.2, 0.25) is 0 Å². The molecule has 0 fully saturated rings. The second kappa shape index (κ2) is 10.3. The number of allylic oxidation sites excluding steroid dienone is 1. The average Bonchev–Trinajstić information content (AvgIpc) is 2.10. The van der Waals surface area contributed by atoms with Crippen LogP contribution in [0.5, 0.6) is 0 Å². The molecule has 12 heavy (non-hydrogen) atoms. The first-order chi connectivity index (χ1) is 5.91. The van der Waals surface area contributed by atoms with E-state index in [-0.39, 0.29) is 0 Å². The molecule has 0 rings (SSSR count). The molecule has 0 heteroatoms. The van der Waals surface area contributed by atoms with Crippen LogP contribution < -0.4 is 0 Å². The number of rotatable bonds is 6. The normalized spacial score (nSPS) is 8.75. The predicted molar refractivity (Wildman–Crippen MR) is 56.0 cm³/mol. The summed E-state index contributed by atoms with van der Waals surface area (Å²) in [6.07, 6.45) is 10.3.